The molecule has 0 unspecified atom stereocenters. The van der Waals surface area contributed by atoms with E-state index in [1.807, 2.05) is 4.90 Å². The Bertz CT molecular complexity index is 1040. The van der Waals surface area contributed by atoms with E-state index in [0.29, 0.717) is 31.0 Å². The highest BCUT2D eigenvalue weighted by Gasteiger charge is 2.31. The van der Waals surface area contributed by atoms with Crippen LogP contribution in [-0.2, 0) is 21.3 Å². The van der Waals surface area contributed by atoms with Crippen LogP contribution >= 0.6 is 0 Å². The molecule has 11 nitrogen and oxygen atoms in total. The van der Waals surface area contributed by atoms with Crippen molar-refractivity contribution in [1.29, 1.82) is 0 Å². The van der Waals surface area contributed by atoms with Crippen LogP contribution in [0.3, 0.4) is 0 Å². The highest BCUT2D eigenvalue weighted by atomic mass is 32.2. The second-order valence-corrected chi connectivity index (χ2v) is 8.46. The summed E-state index contributed by atoms with van der Waals surface area (Å²) >= 11 is 0. The number of hydrogen-bond donors (Lipinski definition) is 0. The molecule has 1 saturated heterocycles. The molecular weight excluding hydrogens is 418 g/mol. The summed E-state index contributed by atoms with van der Waals surface area (Å²) < 4.78 is 42.1. The number of nitro benzene ring substituents is 1. The van der Waals surface area contributed by atoms with Gasteiger partial charge in [-0.2, -0.15) is 4.31 Å². The van der Waals surface area contributed by atoms with Gasteiger partial charge in [0.25, 0.3) is 0 Å². The van der Waals surface area contributed by atoms with Gasteiger partial charge < -0.3 is 13.9 Å². The Morgan fingerprint density at radius 1 is 1.20 bits per heavy atom. The van der Waals surface area contributed by atoms with Crippen LogP contribution in [0.1, 0.15) is 16.1 Å². The summed E-state index contributed by atoms with van der Waals surface area (Å²) in [6.45, 7) is 1.52. The molecule has 3 rings (SSSR count). The molecule has 0 spiro atoms. The standard InChI is InChI=1S/C18H21N3O8S/c1-27-16-4-3-13(11-15(16)21(23)24)30(25,26)20-8-6-19(7-9-20)12-17-14(5-10-29-17)18(22)28-2/h3-5,10-11H,6-9,12H2,1-2H3. The van der Waals surface area contributed by atoms with Crippen LogP contribution in [0, 0.1) is 10.1 Å². The molecule has 0 radical (unpaired) electrons. The molecule has 30 heavy (non-hydrogen) atoms. The monoisotopic (exact) mass is 439 g/mol. The topological polar surface area (TPSA) is 132 Å². The molecule has 1 aromatic heterocycles. The molecule has 12 heteroatoms. The first-order valence-corrected chi connectivity index (χ1v) is 10.4. The predicted molar refractivity (Wildman–Crippen MR) is 104 cm³/mol. The second kappa shape index (κ2) is 8.81. The Labute approximate surface area is 173 Å². The summed E-state index contributed by atoms with van der Waals surface area (Å²) in [5.41, 5.74) is -0.0801. The van der Waals surface area contributed by atoms with Gasteiger partial charge in [-0.25, -0.2) is 13.2 Å². The molecule has 162 valence electrons. The van der Waals surface area contributed by atoms with E-state index in [9.17, 15) is 23.3 Å². The van der Waals surface area contributed by atoms with Gasteiger partial charge in [0.2, 0.25) is 10.0 Å². The van der Waals surface area contributed by atoms with E-state index in [1.54, 1.807) is 0 Å². The van der Waals surface area contributed by atoms with Crippen LogP contribution in [0.5, 0.6) is 5.75 Å². The number of hydrogen-bond acceptors (Lipinski definition) is 9. The molecule has 0 N–H and O–H groups in total. The lowest BCUT2D eigenvalue weighted by atomic mass is 10.2. The van der Waals surface area contributed by atoms with Crippen LogP contribution in [-0.4, -0.2) is 68.9 Å². The lowest BCUT2D eigenvalue weighted by Gasteiger charge is -2.33. The van der Waals surface area contributed by atoms with Crippen molar-refractivity contribution in [2.24, 2.45) is 0 Å². The fourth-order valence-corrected chi connectivity index (χ4v) is 4.65. The predicted octanol–water partition coefficient (Wildman–Crippen LogP) is 1.49. The van der Waals surface area contributed by atoms with Crippen molar-refractivity contribution in [3.8, 4) is 5.75 Å². The molecule has 1 aromatic carbocycles. The minimum Gasteiger partial charge on any atom is -0.490 e. The van der Waals surface area contributed by atoms with E-state index < -0.39 is 26.6 Å². The summed E-state index contributed by atoms with van der Waals surface area (Å²) in [7, 11) is -1.34. The minimum atomic E-state index is -3.90. The molecule has 0 amide bonds. The van der Waals surface area contributed by atoms with E-state index in [4.69, 9.17) is 13.9 Å². The maximum atomic E-state index is 12.9. The number of carbonyl (C=O) groups is 1. The average molecular weight is 439 g/mol. The van der Waals surface area contributed by atoms with Gasteiger partial charge in [-0.1, -0.05) is 0 Å². The van der Waals surface area contributed by atoms with Gasteiger partial charge in [0.15, 0.2) is 5.75 Å². The number of ether oxygens (including phenoxy) is 2. The van der Waals surface area contributed by atoms with Gasteiger partial charge in [0.1, 0.15) is 11.3 Å². The number of sulfonamides is 1. The van der Waals surface area contributed by atoms with E-state index in [-0.39, 0.29) is 23.7 Å². The number of methoxy groups -OCH3 is 2. The summed E-state index contributed by atoms with van der Waals surface area (Å²) in [5.74, 6) is -0.0615. The van der Waals surface area contributed by atoms with E-state index in [2.05, 4.69) is 0 Å². The normalized spacial score (nSPS) is 15.7. The fourth-order valence-electron chi connectivity index (χ4n) is 3.21. The Balaban J connectivity index is 1.70. The minimum absolute atomic E-state index is 0.0105. The molecule has 1 aliphatic rings. The molecule has 1 fully saturated rings. The third kappa shape index (κ3) is 4.30. The Hall–Kier alpha value is -2.96. The zero-order valence-corrected chi connectivity index (χ0v) is 17.3. The zero-order chi connectivity index (χ0) is 21.9. The molecule has 0 bridgehead atoms. The van der Waals surface area contributed by atoms with Crippen molar-refractivity contribution >= 4 is 21.7 Å². The molecule has 0 aliphatic carbocycles. The Morgan fingerprint density at radius 3 is 2.50 bits per heavy atom. The quantitative estimate of drug-likeness (QED) is 0.357. The van der Waals surface area contributed by atoms with Gasteiger partial charge in [-0.05, 0) is 18.2 Å². The van der Waals surface area contributed by atoms with Crippen LogP contribution in [0.4, 0.5) is 5.69 Å². The zero-order valence-electron chi connectivity index (χ0n) is 16.4. The van der Waals surface area contributed by atoms with Crippen molar-refractivity contribution in [1.82, 2.24) is 9.21 Å². The summed E-state index contributed by atoms with van der Waals surface area (Å²) in [6, 6.07) is 5.09. The van der Waals surface area contributed by atoms with Gasteiger partial charge in [-0.15, -0.1) is 0 Å². The van der Waals surface area contributed by atoms with Gasteiger partial charge in [0.05, 0.1) is 36.8 Å². The molecule has 2 aromatic rings. The van der Waals surface area contributed by atoms with E-state index in [0.717, 1.165) is 6.07 Å². The van der Waals surface area contributed by atoms with Crippen molar-refractivity contribution in [3.05, 3.63) is 52.0 Å². The highest BCUT2D eigenvalue weighted by molar-refractivity contribution is 7.89. The summed E-state index contributed by atoms with van der Waals surface area (Å²) in [6.07, 6.45) is 1.40. The van der Waals surface area contributed by atoms with Gasteiger partial charge in [-0.3, -0.25) is 15.0 Å². The van der Waals surface area contributed by atoms with Crippen molar-refractivity contribution in [2.45, 2.75) is 11.4 Å². The van der Waals surface area contributed by atoms with Crippen LogP contribution in [0.2, 0.25) is 0 Å². The number of piperazine rings is 1. The first-order chi connectivity index (χ1) is 14.3. The SMILES string of the molecule is COC(=O)c1ccoc1CN1CCN(S(=O)(=O)c2ccc(OC)c([N+](=O)[O-])c2)CC1. The first kappa shape index (κ1) is 21.7. The number of nitro groups is 1. The first-order valence-electron chi connectivity index (χ1n) is 8.97. The average Bonchev–Trinajstić information content (AvgIpc) is 3.21. The number of nitrogens with zero attached hydrogens (tertiary/aromatic N) is 3. The van der Waals surface area contributed by atoms with Crippen molar-refractivity contribution in [3.63, 3.8) is 0 Å². The Kier molecular flexibility index (Phi) is 6.39. The number of benzene rings is 1. The molecule has 0 atom stereocenters. The highest BCUT2D eigenvalue weighted by Crippen LogP contribution is 2.31. The second-order valence-electron chi connectivity index (χ2n) is 6.52. The molecule has 1 aliphatic heterocycles. The van der Waals surface area contributed by atoms with Crippen LogP contribution in [0.25, 0.3) is 0 Å². The fraction of sp³-hybridized carbons (Fsp3) is 0.389. The number of rotatable bonds is 7. The summed E-state index contributed by atoms with van der Waals surface area (Å²) in [5, 5.41) is 11.2. The third-order valence-electron chi connectivity index (χ3n) is 4.83. The molecular formula is C18H21N3O8S. The largest absolute Gasteiger partial charge is 0.490 e. The molecule has 2 heterocycles. The smallest absolute Gasteiger partial charge is 0.341 e. The summed E-state index contributed by atoms with van der Waals surface area (Å²) in [4.78, 5) is 24.1. The van der Waals surface area contributed by atoms with E-state index in [1.165, 1.54) is 43.0 Å². The number of esters is 1. The number of furan rings is 1. The molecule has 0 saturated carbocycles. The third-order valence-corrected chi connectivity index (χ3v) is 6.73. The lowest BCUT2D eigenvalue weighted by Crippen LogP contribution is -2.48. The maximum Gasteiger partial charge on any atom is 0.341 e. The van der Waals surface area contributed by atoms with Crippen molar-refractivity contribution < 1.29 is 32.0 Å². The van der Waals surface area contributed by atoms with Crippen LogP contribution < -0.4 is 4.74 Å². The van der Waals surface area contributed by atoms with Crippen molar-refractivity contribution in [2.75, 3.05) is 40.4 Å². The van der Waals surface area contributed by atoms with Gasteiger partial charge >= 0.3 is 11.7 Å². The van der Waals surface area contributed by atoms with Crippen LogP contribution in [0.15, 0.2) is 39.8 Å². The Morgan fingerprint density at radius 2 is 1.90 bits per heavy atom. The number of carbonyl (C=O) groups excluding carboxylic acids is 1. The van der Waals surface area contributed by atoms with Gasteiger partial charge in [0, 0.05) is 32.2 Å². The maximum absolute atomic E-state index is 12.9. The van der Waals surface area contributed by atoms with E-state index >= 15 is 0 Å². The lowest BCUT2D eigenvalue weighted by molar-refractivity contribution is -0.386.